The molecule has 22 heavy (non-hydrogen) atoms. The average Bonchev–Trinajstić information content (AvgIpc) is 2.46. The van der Waals surface area contributed by atoms with Crippen LogP contribution in [0.2, 0.25) is 0 Å². The fraction of sp³-hybridized carbons (Fsp3) is 1.00. The molecule has 0 radical (unpaired) electrons. The lowest BCUT2D eigenvalue weighted by molar-refractivity contribution is -0.105. The predicted molar refractivity (Wildman–Crippen MR) is 92.4 cm³/mol. The first-order valence-electron chi connectivity index (χ1n) is 8.40. The molecular weight excluding hydrogens is 318 g/mol. The van der Waals surface area contributed by atoms with Crippen molar-refractivity contribution in [3.05, 3.63) is 0 Å². The molecule has 0 spiro atoms. The molecule has 0 aromatic rings. The summed E-state index contributed by atoms with van der Waals surface area (Å²) in [6.45, 7) is 6.83. The maximum absolute atomic E-state index is 10.3. The van der Waals surface area contributed by atoms with E-state index in [0.29, 0.717) is 12.0 Å². The Hall–Kier alpha value is 0.380. The lowest BCUT2D eigenvalue weighted by atomic mass is 9.45. The molecular formula is C16H30NO3S2-. The van der Waals surface area contributed by atoms with Crippen LogP contribution in [0.5, 0.6) is 0 Å². The normalized spacial score (nSPS) is 31.0. The molecule has 3 rings (SSSR count). The predicted octanol–water partition coefficient (Wildman–Crippen LogP) is 2.92. The Bertz CT molecular complexity index is 376. The topological polar surface area (TPSA) is 52.6 Å². The summed E-state index contributed by atoms with van der Waals surface area (Å²) in [5.41, 5.74) is 0.607. The Morgan fingerprint density at radius 1 is 1.32 bits per heavy atom. The summed E-state index contributed by atoms with van der Waals surface area (Å²) >= 11 is -0.352. The average molecular weight is 349 g/mol. The van der Waals surface area contributed by atoms with Gasteiger partial charge in [0.25, 0.3) is 0 Å². The van der Waals surface area contributed by atoms with Crippen LogP contribution in [0.4, 0.5) is 0 Å². The van der Waals surface area contributed by atoms with Crippen LogP contribution >= 0.6 is 11.8 Å². The van der Waals surface area contributed by atoms with Crippen LogP contribution in [0.25, 0.3) is 0 Å². The van der Waals surface area contributed by atoms with E-state index >= 15 is 0 Å². The van der Waals surface area contributed by atoms with Crippen molar-refractivity contribution < 1.29 is 12.9 Å². The largest absolute Gasteiger partial charge is 0.750 e. The number of likely N-dealkylation sites (N-methyl/N-ethyl adjacent to an activating group) is 1. The van der Waals surface area contributed by atoms with Gasteiger partial charge in [-0.15, -0.1) is 0 Å². The second-order valence-electron chi connectivity index (χ2n) is 7.43. The quantitative estimate of drug-likeness (QED) is 0.449. The number of hydrogen-bond donors (Lipinski definition) is 0. The fourth-order valence-corrected chi connectivity index (χ4v) is 5.56. The van der Waals surface area contributed by atoms with E-state index in [1.54, 1.807) is 0 Å². The van der Waals surface area contributed by atoms with Gasteiger partial charge in [0.15, 0.2) is 0 Å². The van der Waals surface area contributed by atoms with Crippen LogP contribution in [0.15, 0.2) is 0 Å². The van der Waals surface area contributed by atoms with E-state index in [4.69, 9.17) is 0 Å². The van der Waals surface area contributed by atoms with E-state index in [9.17, 15) is 8.76 Å². The molecule has 0 saturated heterocycles. The molecule has 4 nitrogen and oxygen atoms in total. The van der Waals surface area contributed by atoms with Crippen LogP contribution < -0.4 is 0 Å². The van der Waals surface area contributed by atoms with Crippen molar-refractivity contribution in [1.29, 1.82) is 0 Å². The summed E-state index contributed by atoms with van der Waals surface area (Å²) in [4.78, 5) is 2.13. The lowest BCUT2D eigenvalue weighted by Gasteiger charge is -2.60. The Morgan fingerprint density at radius 3 is 2.73 bits per heavy atom. The molecule has 0 aromatic carbocycles. The first-order chi connectivity index (χ1) is 10.4. The van der Waals surface area contributed by atoms with Crippen LogP contribution in [-0.2, 0) is 15.5 Å². The smallest absolute Gasteiger partial charge is 0.0842 e. The molecule has 3 fully saturated rings. The van der Waals surface area contributed by atoms with Crippen LogP contribution in [0.1, 0.15) is 39.5 Å². The van der Waals surface area contributed by atoms with E-state index in [1.807, 2.05) is 18.8 Å². The summed E-state index contributed by atoms with van der Waals surface area (Å²) in [7, 11) is 2.01. The van der Waals surface area contributed by atoms with Gasteiger partial charge in [-0.25, -0.2) is 4.21 Å². The zero-order chi connectivity index (χ0) is 16.2. The molecule has 4 atom stereocenters. The van der Waals surface area contributed by atoms with E-state index < -0.39 is 11.4 Å². The Kier molecular flexibility index (Phi) is 7.20. The fourth-order valence-electron chi connectivity index (χ4n) is 4.24. The highest BCUT2D eigenvalue weighted by molar-refractivity contribution is 7.99. The maximum atomic E-state index is 10.3. The third kappa shape index (κ3) is 4.94. The van der Waals surface area contributed by atoms with Gasteiger partial charge in [0, 0.05) is 18.8 Å². The minimum atomic E-state index is -2.38. The van der Waals surface area contributed by atoms with Gasteiger partial charge in [0.05, 0.1) is 18.0 Å². The number of thioether (sulfide) groups is 1. The first kappa shape index (κ1) is 18.7. The van der Waals surface area contributed by atoms with Crippen molar-refractivity contribution in [2.45, 2.75) is 39.5 Å². The first-order valence-corrected chi connectivity index (χ1v) is 10.6. The van der Waals surface area contributed by atoms with E-state index in [-0.39, 0.29) is 6.61 Å². The molecule has 0 amide bonds. The minimum Gasteiger partial charge on any atom is -0.750 e. The van der Waals surface area contributed by atoms with Gasteiger partial charge in [0.1, 0.15) is 0 Å². The number of rotatable bonds is 10. The standard InChI is InChI=1S/C16H31NO3S2/c1-16(2)14-5-4-13(15(16)12-14)6-10-21-11-8-17(3)7-9-20-22(18)19/h13-15H,4-12H2,1-3H3,(H,18,19)/p-1. The highest BCUT2D eigenvalue weighted by Crippen LogP contribution is 2.62. The van der Waals surface area contributed by atoms with E-state index in [1.165, 1.54) is 31.4 Å². The van der Waals surface area contributed by atoms with Crippen LogP contribution in [0, 0.1) is 23.2 Å². The van der Waals surface area contributed by atoms with E-state index in [2.05, 4.69) is 22.9 Å². The van der Waals surface area contributed by atoms with Crippen molar-refractivity contribution in [1.82, 2.24) is 4.90 Å². The van der Waals surface area contributed by atoms with Gasteiger partial charge in [0.2, 0.25) is 0 Å². The van der Waals surface area contributed by atoms with Gasteiger partial charge in [-0.2, -0.15) is 11.8 Å². The second kappa shape index (κ2) is 8.47. The Morgan fingerprint density at radius 2 is 2.09 bits per heavy atom. The van der Waals surface area contributed by atoms with E-state index in [0.717, 1.165) is 30.1 Å². The molecule has 3 aliphatic carbocycles. The van der Waals surface area contributed by atoms with Gasteiger partial charge < -0.3 is 9.45 Å². The van der Waals surface area contributed by atoms with Crippen molar-refractivity contribution >= 4 is 23.1 Å². The third-order valence-electron chi connectivity index (χ3n) is 5.90. The summed E-state index contributed by atoms with van der Waals surface area (Å²) in [6.07, 6.45) is 5.74. The summed E-state index contributed by atoms with van der Waals surface area (Å²) in [5, 5.41) is 0. The molecule has 0 heterocycles. The molecule has 0 aromatic heterocycles. The molecule has 0 aliphatic heterocycles. The van der Waals surface area contributed by atoms with Crippen molar-refractivity contribution in [2.24, 2.45) is 23.2 Å². The zero-order valence-corrected chi connectivity index (χ0v) is 15.7. The molecule has 6 heteroatoms. The van der Waals surface area contributed by atoms with Gasteiger partial charge in [-0.3, -0.25) is 4.18 Å². The van der Waals surface area contributed by atoms with Crippen LogP contribution in [-0.4, -0.2) is 51.9 Å². The highest BCUT2D eigenvalue weighted by atomic mass is 32.2. The molecule has 3 saturated carbocycles. The Balaban J connectivity index is 1.50. The monoisotopic (exact) mass is 348 g/mol. The second-order valence-corrected chi connectivity index (χ2v) is 9.30. The summed E-state index contributed by atoms with van der Waals surface area (Å²) in [6, 6.07) is 0. The van der Waals surface area contributed by atoms with Crippen molar-refractivity contribution in [3.8, 4) is 0 Å². The number of hydrogen-bond acceptors (Lipinski definition) is 5. The van der Waals surface area contributed by atoms with Gasteiger partial charge in [-0.1, -0.05) is 13.8 Å². The number of nitrogens with zero attached hydrogens (tertiary/aromatic N) is 1. The number of fused-ring (bicyclic) bond motifs is 2. The molecule has 130 valence electrons. The van der Waals surface area contributed by atoms with Gasteiger partial charge in [-0.05, 0) is 61.7 Å². The summed E-state index contributed by atoms with van der Waals surface area (Å²) < 4.78 is 25.0. The third-order valence-corrected chi connectivity index (χ3v) is 7.26. The maximum Gasteiger partial charge on any atom is 0.0842 e. The van der Waals surface area contributed by atoms with Crippen molar-refractivity contribution in [2.75, 3.05) is 38.2 Å². The molecule has 2 bridgehead atoms. The SMILES string of the molecule is CN(CCOS(=O)[O-])CCSCCC1CCC2CC1C2(C)C. The molecule has 3 aliphatic rings. The van der Waals surface area contributed by atoms with Crippen molar-refractivity contribution in [3.63, 3.8) is 0 Å². The summed E-state index contributed by atoms with van der Waals surface area (Å²) in [5.74, 6) is 5.29. The van der Waals surface area contributed by atoms with Gasteiger partial charge >= 0.3 is 0 Å². The molecule has 4 unspecified atom stereocenters. The Labute approximate surface area is 142 Å². The van der Waals surface area contributed by atoms with Crippen LogP contribution in [0.3, 0.4) is 0 Å². The zero-order valence-electron chi connectivity index (χ0n) is 14.1. The minimum absolute atomic E-state index is 0.247. The lowest BCUT2D eigenvalue weighted by Crippen LogP contribution is -2.52. The molecule has 0 N–H and O–H groups in total. The highest BCUT2D eigenvalue weighted by Gasteiger charge is 2.53.